The average molecular weight is 307 g/mol. The molecule has 0 bridgehead atoms. The van der Waals surface area contributed by atoms with Gasteiger partial charge in [-0.1, -0.05) is 54.6 Å². The number of phenolic OH excluding ortho intramolecular Hbond substituents is 1. The molecule has 0 spiro atoms. The lowest BCUT2D eigenvalue weighted by Gasteiger charge is -2.17. The molecular formula is C20H21NO2. The second-order valence-corrected chi connectivity index (χ2v) is 5.64. The van der Waals surface area contributed by atoms with E-state index in [0.717, 1.165) is 5.56 Å². The van der Waals surface area contributed by atoms with Gasteiger partial charge in [0, 0.05) is 18.2 Å². The highest BCUT2D eigenvalue weighted by Crippen LogP contribution is 2.30. The number of nitrogens with one attached hydrogen (secondary N) is 1. The molecule has 3 rings (SSSR count). The number of phenols is 1. The van der Waals surface area contributed by atoms with Crippen molar-refractivity contribution in [3.63, 3.8) is 0 Å². The lowest BCUT2D eigenvalue weighted by atomic mass is 9.99. The fourth-order valence-corrected chi connectivity index (χ4v) is 2.88. The molecule has 0 aliphatic heterocycles. The van der Waals surface area contributed by atoms with Crippen molar-refractivity contribution in [1.82, 2.24) is 5.32 Å². The van der Waals surface area contributed by atoms with E-state index >= 15 is 0 Å². The molecular weight excluding hydrogens is 286 g/mol. The van der Waals surface area contributed by atoms with Gasteiger partial charge in [0.15, 0.2) is 11.5 Å². The zero-order valence-electron chi connectivity index (χ0n) is 13.4. The fraction of sp³-hybridized carbons (Fsp3) is 0.200. The Balaban J connectivity index is 1.81. The normalized spacial score (nSPS) is 12.3. The van der Waals surface area contributed by atoms with Gasteiger partial charge in [0.2, 0.25) is 0 Å². The Labute approximate surface area is 136 Å². The smallest absolute Gasteiger partial charge is 0.162 e. The van der Waals surface area contributed by atoms with Gasteiger partial charge >= 0.3 is 0 Å². The summed E-state index contributed by atoms with van der Waals surface area (Å²) >= 11 is 0. The minimum atomic E-state index is 0.173. The first kappa shape index (κ1) is 15.4. The SMILES string of the molecule is COc1cccc(CNC(C)c2cccc3ccccc23)c1O. The lowest BCUT2D eigenvalue weighted by molar-refractivity contribution is 0.369. The van der Waals surface area contributed by atoms with E-state index in [0.29, 0.717) is 12.3 Å². The van der Waals surface area contributed by atoms with Gasteiger partial charge in [0.25, 0.3) is 0 Å². The lowest BCUT2D eigenvalue weighted by Crippen LogP contribution is -2.18. The summed E-state index contributed by atoms with van der Waals surface area (Å²) in [4.78, 5) is 0. The number of ether oxygens (including phenoxy) is 1. The maximum Gasteiger partial charge on any atom is 0.162 e. The molecule has 0 saturated carbocycles. The third-order valence-corrected chi connectivity index (χ3v) is 4.19. The van der Waals surface area contributed by atoms with E-state index in [1.807, 2.05) is 12.1 Å². The van der Waals surface area contributed by atoms with Crippen molar-refractivity contribution in [3.8, 4) is 11.5 Å². The largest absolute Gasteiger partial charge is 0.504 e. The highest BCUT2D eigenvalue weighted by Gasteiger charge is 2.11. The second kappa shape index (κ2) is 6.71. The van der Waals surface area contributed by atoms with Crippen molar-refractivity contribution in [3.05, 3.63) is 71.8 Å². The molecule has 0 heterocycles. The highest BCUT2D eigenvalue weighted by atomic mass is 16.5. The Morgan fingerprint density at radius 1 is 1.00 bits per heavy atom. The quantitative estimate of drug-likeness (QED) is 0.734. The fourth-order valence-electron chi connectivity index (χ4n) is 2.88. The van der Waals surface area contributed by atoms with Crippen LogP contribution in [0.4, 0.5) is 0 Å². The summed E-state index contributed by atoms with van der Waals surface area (Å²) in [7, 11) is 1.56. The summed E-state index contributed by atoms with van der Waals surface area (Å²) in [5.74, 6) is 0.703. The Hall–Kier alpha value is -2.52. The first-order chi connectivity index (χ1) is 11.2. The maximum absolute atomic E-state index is 10.2. The predicted octanol–water partition coefficient (Wildman–Crippen LogP) is 4.40. The number of hydrogen-bond donors (Lipinski definition) is 2. The van der Waals surface area contributed by atoms with E-state index < -0.39 is 0 Å². The Bertz CT molecular complexity index is 808. The number of fused-ring (bicyclic) bond motifs is 1. The Morgan fingerprint density at radius 2 is 1.74 bits per heavy atom. The van der Waals surface area contributed by atoms with Crippen molar-refractivity contribution in [2.75, 3.05) is 7.11 Å². The number of rotatable bonds is 5. The van der Waals surface area contributed by atoms with E-state index in [2.05, 4.69) is 54.7 Å². The molecule has 0 aromatic heterocycles. The zero-order valence-corrected chi connectivity index (χ0v) is 13.4. The molecule has 23 heavy (non-hydrogen) atoms. The van der Waals surface area contributed by atoms with Crippen molar-refractivity contribution < 1.29 is 9.84 Å². The third kappa shape index (κ3) is 3.15. The van der Waals surface area contributed by atoms with E-state index in [1.54, 1.807) is 13.2 Å². The molecule has 118 valence electrons. The highest BCUT2D eigenvalue weighted by molar-refractivity contribution is 5.86. The van der Waals surface area contributed by atoms with Crippen LogP contribution in [-0.4, -0.2) is 12.2 Å². The van der Waals surface area contributed by atoms with Gasteiger partial charge in [-0.3, -0.25) is 0 Å². The van der Waals surface area contributed by atoms with Gasteiger partial charge < -0.3 is 15.2 Å². The second-order valence-electron chi connectivity index (χ2n) is 5.64. The Morgan fingerprint density at radius 3 is 2.57 bits per heavy atom. The van der Waals surface area contributed by atoms with Crippen LogP contribution in [0.5, 0.6) is 11.5 Å². The molecule has 0 fully saturated rings. The molecule has 1 unspecified atom stereocenters. The van der Waals surface area contributed by atoms with E-state index in [1.165, 1.54) is 16.3 Å². The van der Waals surface area contributed by atoms with Crippen LogP contribution in [0.3, 0.4) is 0 Å². The molecule has 1 atom stereocenters. The molecule has 3 aromatic rings. The Kier molecular flexibility index (Phi) is 4.49. The number of methoxy groups -OCH3 is 1. The minimum Gasteiger partial charge on any atom is -0.504 e. The molecule has 0 amide bonds. The number of benzene rings is 3. The van der Waals surface area contributed by atoms with Gasteiger partial charge in [0.1, 0.15) is 0 Å². The van der Waals surface area contributed by atoms with E-state index in [9.17, 15) is 5.11 Å². The molecule has 3 nitrogen and oxygen atoms in total. The van der Waals surface area contributed by atoms with Crippen LogP contribution in [0, 0.1) is 0 Å². The van der Waals surface area contributed by atoms with Crippen LogP contribution in [0.15, 0.2) is 60.7 Å². The summed E-state index contributed by atoms with van der Waals surface area (Å²) in [6.07, 6.45) is 0. The van der Waals surface area contributed by atoms with Crippen LogP contribution in [0.25, 0.3) is 10.8 Å². The van der Waals surface area contributed by atoms with Crippen LogP contribution >= 0.6 is 0 Å². The standard InChI is InChI=1S/C20H21NO2/c1-14(17-11-5-8-15-7-3-4-10-18(15)17)21-13-16-9-6-12-19(23-2)20(16)22/h3-12,14,21-22H,13H2,1-2H3. The first-order valence-electron chi connectivity index (χ1n) is 7.76. The van der Waals surface area contributed by atoms with E-state index in [4.69, 9.17) is 4.74 Å². The van der Waals surface area contributed by atoms with Gasteiger partial charge in [0.05, 0.1) is 7.11 Å². The summed E-state index contributed by atoms with van der Waals surface area (Å²) < 4.78 is 5.16. The molecule has 0 aliphatic carbocycles. The molecule has 0 radical (unpaired) electrons. The molecule has 2 N–H and O–H groups in total. The number of para-hydroxylation sites is 1. The third-order valence-electron chi connectivity index (χ3n) is 4.19. The number of hydrogen-bond acceptors (Lipinski definition) is 3. The summed E-state index contributed by atoms with van der Waals surface area (Å²) in [6, 6.07) is 20.5. The monoisotopic (exact) mass is 307 g/mol. The topological polar surface area (TPSA) is 41.5 Å². The summed E-state index contributed by atoms with van der Waals surface area (Å²) in [6.45, 7) is 2.71. The predicted molar refractivity (Wildman–Crippen MR) is 93.9 cm³/mol. The van der Waals surface area contributed by atoms with Gasteiger partial charge in [-0.15, -0.1) is 0 Å². The number of aromatic hydroxyl groups is 1. The van der Waals surface area contributed by atoms with Crippen LogP contribution in [0.2, 0.25) is 0 Å². The minimum absolute atomic E-state index is 0.173. The molecule has 3 heteroatoms. The van der Waals surface area contributed by atoms with Crippen LogP contribution in [-0.2, 0) is 6.54 Å². The van der Waals surface area contributed by atoms with Crippen molar-refractivity contribution in [1.29, 1.82) is 0 Å². The summed E-state index contributed by atoms with van der Waals surface area (Å²) in [5, 5.41) is 16.2. The van der Waals surface area contributed by atoms with Gasteiger partial charge in [-0.2, -0.15) is 0 Å². The van der Waals surface area contributed by atoms with Crippen molar-refractivity contribution in [2.24, 2.45) is 0 Å². The van der Waals surface area contributed by atoms with E-state index in [-0.39, 0.29) is 11.8 Å². The van der Waals surface area contributed by atoms with Gasteiger partial charge in [-0.25, -0.2) is 0 Å². The van der Waals surface area contributed by atoms with Gasteiger partial charge in [-0.05, 0) is 29.3 Å². The van der Waals surface area contributed by atoms with Crippen LogP contribution in [0.1, 0.15) is 24.1 Å². The van der Waals surface area contributed by atoms with Crippen LogP contribution < -0.4 is 10.1 Å². The van der Waals surface area contributed by atoms with Crippen molar-refractivity contribution >= 4 is 10.8 Å². The molecule has 0 aliphatic rings. The maximum atomic E-state index is 10.2. The first-order valence-corrected chi connectivity index (χ1v) is 7.76. The average Bonchev–Trinajstić information content (AvgIpc) is 2.60. The zero-order chi connectivity index (χ0) is 16.2. The van der Waals surface area contributed by atoms with Crippen molar-refractivity contribution in [2.45, 2.75) is 19.5 Å². The molecule has 3 aromatic carbocycles. The summed E-state index contributed by atoms with van der Waals surface area (Å²) in [5.41, 5.74) is 2.09. The molecule has 0 saturated heterocycles.